The number of benzene rings is 1. The van der Waals surface area contributed by atoms with E-state index in [-0.39, 0.29) is 17.9 Å². The van der Waals surface area contributed by atoms with Gasteiger partial charge in [-0.3, -0.25) is 0 Å². The normalized spacial score (nSPS) is 17.5. The summed E-state index contributed by atoms with van der Waals surface area (Å²) in [4.78, 5) is 26.4. The van der Waals surface area contributed by atoms with Crippen LogP contribution in [0.3, 0.4) is 0 Å². The molecule has 6 nitrogen and oxygen atoms in total. The third-order valence-electron chi connectivity index (χ3n) is 4.40. The van der Waals surface area contributed by atoms with E-state index < -0.39 is 0 Å². The number of hydrogen-bond acceptors (Lipinski definition) is 4. The number of nitrogens with zero attached hydrogens (tertiary/aromatic N) is 5. The number of urea groups is 1. The van der Waals surface area contributed by atoms with Crippen LogP contribution in [-0.2, 0) is 0 Å². The van der Waals surface area contributed by atoms with E-state index in [1.165, 1.54) is 18.5 Å². The summed E-state index contributed by atoms with van der Waals surface area (Å²) in [5, 5.41) is 0. The highest BCUT2D eigenvalue weighted by molar-refractivity contribution is 5.76. The molecule has 0 bridgehead atoms. The Labute approximate surface area is 146 Å². The number of halogens is 1. The van der Waals surface area contributed by atoms with Crippen LogP contribution in [0, 0.1) is 5.82 Å². The van der Waals surface area contributed by atoms with Crippen LogP contribution in [0.2, 0.25) is 0 Å². The quantitative estimate of drug-likeness (QED) is 0.841. The molecule has 3 rings (SSSR count). The van der Waals surface area contributed by atoms with E-state index in [4.69, 9.17) is 0 Å². The summed E-state index contributed by atoms with van der Waals surface area (Å²) in [6.07, 6.45) is 3.28. The van der Waals surface area contributed by atoms with Gasteiger partial charge in [-0.2, -0.15) is 0 Å². The Hall–Kier alpha value is -2.70. The second-order valence-corrected chi connectivity index (χ2v) is 6.43. The maximum Gasteiger partial charge on any atom is 0.319 e. The molecule has 1 saturated heterocycles. The van der Waals surface area contributed by atoms with E-state index in [1.54, 1.807) is 37.3 Å². The summed E-state index contributed by atoms with van der Waals surface area (Å²) in [5.41, 5.74) is 2.52. The van der Waals surface area contributed by atoms with Crippen LogP contribution in [0.25, 0.3) is 11.3 Å². The summed E-state index contributed by atoms with van der Waals surface area (Å²) in [6.45, 7) is 4.05. The number of carbonyl (C=O) groups excluding carboxylic acids is 1. The van der Waals surface area contributed by atoms with Gasteiger partial charge in [-0.15, -0.1) is 0 Å². The largest absolute Gasteiger partial charge is 0.362 e. The lowest BCUT2D eigenvalue weighted by molar-refractivity contribution is 0.161. The van der Waals surface area contributed by atoms with Crippen molar-refractivity contribution >= 4 is 11.7 Å². The Kier molecular flexibility index (Phi) is 4.83. The molecular formula is C18H22FN5O. The fourth-order valence-corrected chi connectivity index (χ4v) is 3.13. The average molecular weight is 343 g/mol. The van der Waals surface area contributed by atoms with Crippen LogP contribution < -0.4 is 4.90 Å². The molecular weight excluding hydrogens is 321 g/mol. The molecule has 0 saturated carbocycles. The topological polar surface area (TPSA) is 52.6 Å². The van der Waals surface area contributed by atoms with E-state index in [0.717, 1.165) is 16.9 Å². The van der Waals surface area contributed by atoms with Crippen LogP contribution in [-0.4, -0.2) is 65.6 Å². The van der Waals surface area contributed by atoms with Gasteiger partial charge < -0.3 is 14.7 Å². The van der Waals surface area contributed by atoms with Gasteiger partial charge in [0.05, 0.1) is 17.6 Å². The summed E-state index contributed by atoms with van der Waals surface area (Å²) < 4.78 is 13.2. The van der Waals surface area contributed by atoms with Crippen LogP contribution in [0.15, 0.2) is 36.8 Å². The molecule has 1 aromatic heterocycles. The molecule has 2 amide bonds. The zero-order valence-corrected chi connectivity index (χ0v) is 14.7. The maximum atomic E-state index is 13.2. The number of aromatic nitrogens is 2. The molecule has 0 unspecified atom stereocenters. The summed E-state index contributed by atoms with van der Waals surface area (Å²) in [5.74, 6) is -0.275. The highest BCUT2D eigenvalue weighted by Gasteiger charge is 2.29. The van der Waals surface area contributed by atoms with Crippen molar-refractivity contribution in [1.29, 1.82) is 0 Å². The van der Waals surface area contributed by atoms with E-state index in [1.807, 2.05) is 4.90 Å². The molecule has 0 aliphatic carbocycles. The number of anilines is 1. The van der Waals surface area contributed by atoms with Crippen LogP contribution in [0.1, 0.15) is 6.92 Å². The fourth-order valence-electron chi connectivity index (χ4n) is 3.13. The predicted octanol–water partition coefficient (Wildman–Crippen LogP) is 2.47. The molecule has 1 aromatic carbocycles. The lowest BCUT2D eigenvalue weighted by Gasteiger charge is -2.42. The average Bonchev–Trinajstić information content (AvgIpc) is 2.61. The van der Waals surface area contributed by atoms with Gasteiger partial charge in [-0.1, -0.05) is 0 Å². The van der Waals surface area contributed by atoms with Crippen molar-refractivity contribution in [3.8, 4) is 11.3 Å². The molecule has 0 radical (unpaired) electrons. The lowest BCUT2D eigenvalue weighted by atomic mass is 10.1. The van der Waals surface area contributed by atoms with Gasteiger partial charge >= 0.3 is 6.03 Å². The third kappa shape index (κ3) is 3.55. The first kappa shape index (κ1) is 17.1. The highest BCUT2D eigenvalue weighted by Crippen LogP contribution is 2.30. The minimum atomic E-state index is -0.275. The molecule has 1 aliphatic rings. The second-order valence-electron chi connectivity index (χ2n) is 6.43. The lowest BCUT2D eigenvalue weighted by Crippen LogP contribution is -2.55. The summed E-state index contributed by atoms with van der Waals surface area (Å²) >= 11 is 0. The van der Waals surface area contributed by atoms with E-state index in [0.29, 0.717) is 19.6 Å². The first-order chi connectivity index (χ1) is 12.0. The highest BCUT2D eigenvalue weighted by atomic mass is 19.1. The molecule has 2 aromatic rings. The zero-order valence-electron chi connectivity index (χ0n) is 14.7. The van der Waals surface area contributed by atoms with E-state index in [2.05, 4.69) is 21.8 Å². The number of carbonyl (C=O) groups is 1. The first-order valence-electron chi connectivity index (χ1n) is 8.26. The van der Waals surface area contributed by atoms with Crippen LogP contribution in [0.4, 0.5) is 14.9 Å². The fraction of sp³-hybridized carbons (Fsp3) is 0.389. The molecule has 132 valence electrons. The van der Waals surface area contributed by atoms with Gasteiger partial charge in [-0.25, -0.2) is 19.2 Å². The standard InChI is InChI=1S/C18H22FN5O/c1-13-11-23(18(25)22(2)3)8-9-24(13)16-10-20-12-21-17(16)14-4-6-15(19)7-5-14/h4-7,10,12-13H,8-9,11H2,1-3H3/t13-/m0/s1. The van der Waals surface area contributed by atoms with Gasteiger partial charge in [0.25, 0.3) is 0 Å². The smallest absolute Gasteiger partial charge is 0.319 e. The van der Waals surface area contributed by atoms with Crippen molar-refractivity contribution in [2.45, 2.75) is 13.0 Å². The van der Waals surface area contributed by atoms with Crippen molar-refractivity contribution in [2.24, 2.45) is 0 Å². The molecule has 1 atom stereocenters. The van der Waals surface area contributed by atoms with Crippen LogP contribution in [0.5, 0.6) is 0 Å². The second kappa shape index (κ2) is 7.04. The van der Waals surface area contributed by atoms with Gasteiger partial charge in [0.1, 0.15) is 12.1 Å². The molecule has 25 heavy (non-hydrogen) atoms. The van der Waals surface area contributed by atoms with E-state index in [9.17, 15) is 9.18 Å². The van der Waals surface area contributed by atoms with Crippen molar-refractivity contribution in [1.82, 2.24) is 19.8 Å². The van der Waals surface area contributed by atoms with Gasteiger partial charge in [0, 0.05) is 45.3 Å². The Bertz CT molecular complexity index is 749. The Morgan fingerprint density at radius 1 is 1.24 bits per heavy atom. The van der Waals surface area contributed by atoms with Crippen molar-refractivity contribution in [2.75, 3.05) is 38.6 Å². The van der Waals surface area contributed by atoms with Crippen molar-refractivity contribution < 1.29 is 9.18 Å². The Balaban J connectivity index is 1.86. The maximum absolute atomic E-state index is 13.2. The summed E-state index contributed by atoms with van der Waals surface area (Å²) in [7, 11) is 3.52. The molecule has 1 aliphatic heterocycles. The van der Waals surface area contributed by atoms with Crippen molar-refractivity contribution in [3.63, 3.8) is 0 Å². The number of piperazine rings is 1. The number of hydrogen-bond donors (Lipinski definition) is 0. The molecule has 7 heteroatoms. The summed E-state index contributed by atoms with van der Waals surface area (Å²) in [6, 6.07) is 6.45. The number of amides is 2. The van der Waals surface area contributed by atoms with Gasteiger partial charge in [0.2, 0.25) is 0 Å². The Morgan fingerprint density at radius 2 is 1.96 bits per heavy atom. The van der Waals surface area contributed by atoms with E-state index >= 15 is 0 Å². The zero-order chi connectivity index (χ0) is 18.0. The minimum absolute atomic E-state index is 0.0227. The molecule has 0 spiro atoms. The molecule has 2 heterocycles. The molecule has 1 fully saturated rings. The van der Waals surface area contributed by atoms with Crippen molar-refractivity contribution in [3.05, 3.63) is 42.6 Å². The Morgan fingerprint density at radius 3 is 2.60 bits per heavy atom. The van der Waals surface area contributed by atoms with Crippen LogP contribution >= 0.6 is 0 Å². The molecule has 0 N–H and O–H groups in total. The predicted molar refractivity (Wildman–Crippen MR) is 94.9 cm³/mol. The third-order valence-corrected chi connectivity index (χ3v) is 4.40. The van der Waals surface area contributed by atoms with Gasteiger partial charge in [0.15, 0.2) is 0 Å². The minimum Gasteiger partial charge on any atom is -0.362 e. The monoisotopic (exact) mass is 343 g/mol. The first-order valence-corrected chi connectivity index (χ1v) is 8.26. The SMILES string of the molecule is C[C@H]1CN(C(=O)N(C)C)CCN1c1cncnc1-c1ccc(F)cc1. The number of rotatable bonds is 2. The van der Waals surface area contributed by atoms with Gasteiger partial charge in [-0.05, 0) is 31.2 Å².